The maximum absolute atomic E-state index is 12.0. The SMILES string of the molecule is O=C(O)C1c2ccccc2CCN1Cc1nnc(C2CC2)n1C1CC1. The van der Waals surface area contributed by atoms with Gasteiger partial charge in [-0.3, -0.25) is 9.69 Å². The van der Waals surface area contributed by atoms with Crippen molar-refractivity contribution in [1.82, 2.24) is 19.7 Å². The zero-order valence-corrected chi connectivity index (χ0v) is 14.1. The second kappa shape index (κ2) is 5.66. The Hall–Kier alpha value is -2.21. The lowest BCUT2D eigenvalue weighted by atomic mass is 9.92. The highest BCUT2D eigenvalue weighted by Gasteiger charge is 2.38. The fourth-order valence-corrected chi connectivity index (χ4v) is 4.06. The highest BCUT2D eigenvalue weighted by molar-refractivity contribution is 5.76. The fraction of sp³-hybridized carbons (Fsp3) is 0.526. The third-order valence-corrected chi connectivity index (χ3v) is 5.61. The highest BCUT2D eigenvalue weighted by atomic mass is 16.4. The first kappa shape index (κ1) is 15.1. The molecule has 0 saturated heterocycles. The van der Waals surface area contributed by atoms with Crippen LogP contribution in [0.1, 0.15) is 66.5 Å². The molecule has 0 bridgehead atoms. The molecular weight excluding hydrogens is 316 g/mol. The van der Waals surface area contributed by atoms with Gasteiger partial charge in [-0.25, -0.2) is 0 Å². The predicted octanol–water partition coefficient (Wildman–Crippen LogP) is 2.67. The number of aliphatic carboxylic acids is 1. The van der Waals surface area contributed by atoms with E-state index in [-0.39, 0.29) is 0 Å². The summed E-state index contributed by atoms with van der Waals surface area (Å²) >= 11 is 0. The maximum atomic E-state index is 12.0. The van der Waals surface area contributed by atoms with E-state index in [2.05, 4.69) is 14.8 Å². The van der Waals surface area contributed by atoms with Gasteiger partial charge in [0.2, 0.25) is 0 Å². The zero-order chi connectivity index (χ0) is 17.0. The fourth-order valence-electron chi connectivity index (χ4n) is 4.06. The Kier molecular flexibility index (Phi) is 3.41. The normalized spacial score (nSPS) is 23.4. The second-order valence-corrected chi connectivity index (χ2v) is 7.51. The summed E-state index contributed by atoms with van der Waals surface area (Å²) in [5.41, 5.74) is 2.06. The summed E-state index contributed by atoms with van der Waals surface area (Å²) in [6, 6.07) is 7.83. The Morgan fingerprint density at radius 1 is 1.16 bits per heavy atom. The van der Waals surface area contributed by atoms with Crippen LogP contribution < -0.4 is 0 Å². The number of aromatic nitrogens is 3. The number of hydrogen-bond acceptors (Lipinski definition) is 4. The first-order valence-electron chi connectivity index (χ1n) is 9.20. The number of benzene rings is 1. The van der Waals surface area contributed by atoms with Gasteiger partial charge in [-0.05, 0) is 43.2 Å². The van der Waals surface area contributed by atoms with Gasteiger partial charge in [0.25, 0.3) is 0 Å². The Bertz CT molecular complexity index is 823. The Morgan fingerprint density at radius 3 is 2.68 bits per heavy atom. The average Bonchev–Trinajstić information content (AvgIpc) is 3.53. The van der Waals surface area contributed by atoms with Gasteiger partial charge in [0.15, 0.2) is 0 Å². The summed E-state index contributed by atoms with van der Waals surface area (Å²) < 4.78 is 2.32. The first-order valence-corrected chi connectivity index (χ1v) is 9.20. The van der Waals surface area contributed by atoms with Crippen molar-refractivity contribution in [3.8, 4) is 0 Å². The summed E-state index contributed by atoms with van der Waals surface area (Å²) in [4.78, 5) is 14.0. The summed E-state index contributed by atoms with van der Waals surface area (Å²) in [7, 11) is 0. The molecule has 1 aromatic carbocycles. The molecule has 0 spiro atoms. The van der Waals surface area contributed by atoms with Crippen molar-refractivity contribution in [3.05, 3.63) is 47.0 Å². The number of nitrogens with zero attached hydrogens (tertiary/aromatic N) is 4. The van der Waals surface area contributed by atoms with Crippen LogP contribution in [-0.4, -0.2) is 37.3 Å². The van der Waals surface area contributed by atoms with Crippen LogP contribution in [0.2, 0.25) is 0 Å². The largest absolute Gasteiger partial charge is 0.480 e. The van der Waals surface area contributed by atoms with Gasteiger partial charge in [0.1, 0.15) is 17.7 Å². The molecule has 1 aromatic heterocycles. The van der Waals surface area contributed by atoms with Crippen LogP contribution >= 0.6 is 0 Å². The Balaban J connectivity index is 1.47. The van der Waals surface area contributed by atoms with Gasteiger partial charge in [-0.2, -0.15) is 0 Å². The number of fused-ring (bicyclic) bond motifs is 1. The quantitative estimate of drug-likeness (QED) is 0.907. The summed E-state index contributed by atoms with van der Waals surface area (Å²) in [6.07, 6.45) is 5.68. The van der Waals surface area contributed by atoms with Crippen molar-refractivity contribution in [1.29, 1.82) is 0 Å². The van der Waals surface area contributed by atoms with Gasteiger partial charge in [0.05, 0.1) is 6.54 Å². The zero-order valence-electron chi connectivity index (χ0n) is 14.1. The van der Waals surface area contributed by atoms with E-state index in [1.807, 2.05) is 29.2 Å². The number of hydrogen-bond donors (Lipinski definition) is 1. The van der Waals surface area contributed by atoms with Crippen LogP contribution in [0, 0.1) is 0 Å². The van der Waals surface area contributed by atoms with Gasteiger partial charge < -0.3 is 9.67 Å². The summed E-state index contributed by atoms with van der Waals surface area (Å²) in [5, 5.41) is 18.8. The van der Waals surface area contributed by atoms with Crippen LogP contribution in [0.3, 0.4) is 0 Å². The molecule has 5 rings (SSSR count). The third kappa shape index (κ3) is 2.65. The van der Waals surface area contributed by atoms with Crippen molar-refractivity contribution < 1.29 is 9.90 Å². The molecule has 3 aliphatic rings. The molecule has 25 heavy (non-hydrogen) atoms. The number of carboxylic acid groups (broad SMARTS) is 1. The van der Waals surface area contributed by atoms with Crippen molar-refractivity contribution in [3.63, 3.8) is 0 Å². The molecule has 1 aliphatic heterocycles. The molecule has 2 saturated carbocycles. The van der Waals surface area contributed by atoms with E-state index in [0.717, 1.165) is 35.7 Å². The minimum Gasteiger partial charge on any atom is -0.480 e. The van der Waals surface area contributed by atoms with E-state index in [9.17, 15) is 9.90 Å². The van der Waals surface area contributed by atoms with E-state index in [0.29, 0.717) is 18.5 Å². The molecule has 2 heterocycles. The lowest BCUT2D eigenvalue weighted by molar-refractivity contribution is -0.144. The topological polar surface area (TPSA) is 71.2 Å². The molecule has 1 atom stereocenters. The molecule has 0 amide bonds. The van der Waals surface area contributed by atoms with Gasteiger partial charge in [0, 0.05) is 18.5 Å². The molecule has 0 radical (unpaired) electrons. The number of carbonyl (C=O) groups is 1. The van der Waals surface area contributed by atoms with E-state index < -0.39 is 12.0 Å². The van der Waals surface area contributed by atoms with E-state index in [1.54, 1.807) is 0 Å². The van der Waals surface area contributed by atoms with Crippen LogP contribution in [0.15, 0.2) is 24.3 Å². The van der Waals surface area contributed by atoms with Crippen LogP contribution in [-0.2, 0) is 17.8 Å². The van der Waals surface area contributed by atoms with Crippen molar-refractivity contribution in [2.75, 3.05) is 6.54 Å². The minimum atomic E-state index is -0.785. The van der Waals surface area contributed by atoms with E-state index in [1.165, 1.54) is 25.7 Å². The molecule has 2 aliphatic carbocycles. The number of carboxylic acids is 1. The van der Waals surface area contributed by atoms with Crippen molar-refractivity contribution in [2.24, 2.45) is 0 Å². The maximum Gasteiger partial charge on any atom is 0.325 e. The first-order chi connectivity index (χ1) is 12.2. The van der Waals surface area contributed by atoms with Crippen LogP contribution in [0.5, 0.6) is 0 Å². The molecular formula is C19H22N4O2. The standard InChI is InChI=1S/C19H22N4O2/c24-19(25)17-15-4-2-1-3-12(15)9-10-22(17)11-16-20-21-18(13-5-6-13)23(16)14-7-8-14/h1-4,13-14,17H,5-11H2,(H,24,25). The summed E-state index contributed by atoms with van der Waals surface area (Å²) in [5.74, 6) is 1.85. The van der Waals surface area contributed by atoms with E-state index in [4.69, 9.17) is 0 Å². The highest BCUT2D eigenvalue weighted by Crippen LogP contribution is 2.45. The van der Waals surface area contributed by atoms with Gasteiger partial charge in [-0.1, -0.05) is 24.3 Å². The van der Waals surface area contributed by atoms with Crippen LogP contribution in [0.25, 0.3) is 0 Å². The molecule has 1 N–H and O–H groups in total. The van der Waals surface area contributed by atoms with Crippen molar-refractivity contribution >= 4 is 5.97 Å². The molecule has 1 unspecified atom stereocenters. The smallest absolute Gasteiger partial charge is 0.325 e. The summed E-state index contributed by atoms with van der Waals surface area (Å²) in [6.45, 7) is 1.30. The lowest BCUT2D eigenvalue weighted by Gasteiger charge is -2.34. The van der Waals surface area contributed by atoms with Gasteiger partial charge in [-0.15, -0.1) is 10.2 Å². The monoisotopic (exact) mass is 338 g/mol. The lowest BCUT2D eigenvalue weighted by Crippen LogP contribution is -2.39. The second-order valence-electron chi connectivity index (χ2n) is 7.51. The Morgan fingerprint density at radius 2 is 1.96 bits per heavy atom. The van der Waals surface area contributed by atoms with Crippen LogP contribution in [0.4, 0.5) is 0 Å². The average molecular weight is 338 g/mol. The molecule has 6 heteroatoms. The Labute approximate surface area is 146 Å². The van der Waals surface area contributed by atoms with Gasteiger partial charge >= 0.3 is 5.97 Å². The molecule has 130 valence electrons. The molecule has 2 fully saturated rings. The third-order valence-electron chi connectivity index (χ3n) is 5.61. The van der Waals surface area contributed by atoms with Crippen molar-refractivity contribution in [2.45, 2.75) is 56.7 Å². The predicted molar refractivity (Wildman–Crippen MR) is 91.2 cm³/mol. The number of rotatable bonds is 5. The molecule has 6 nitrogen and oxygen atoms in total. The molecule has 2 aromatic rings. The minimum absolute atomic E-state index is 0.529. The van der Waals surface area contributed by atoms with E-state index >= 15 is 0 Å².